The fraction of sp³-hybridized carbons (Fsp3) is 0.944. The number of carbonyl (C=O) groups is 1. The van der Waals surface area contributed by atoms with Gasteiger partial charge in [0.15, 0.2) is 0 Å². The Balaban J connectivity index is 2.11. The highest BCUT2D eigenvalue weighted by Crippen LogP contribution is 2.33. The summed E-state index contributed by atoms with van der Waals surface area (Å²) in [6.07, 6.45) is 13.7. The fourth-order valence-electron chi connectivity index (χ4n) is 3.40. The largest absolute Gasteiger partial charge is 0.457 e. The summed E-state index contributed by atoms with van der Waals surface area (Å²) in [5, 5.41) is 9.62. The van der Waals surface area contributed by atoms with Crippen LogP contribution in [-0.2, 0) is 9.53 Å². The highest BCUT2D eigenvalue weighted by atomic mass is 16.6. The van der Waals surface area contributed by atoms with E-state index in [0.29, 0.717) is 12.3 Å². The van der Waals surface area contributed by atoms with E-state index in [1.54, 1.807) is 0 Å². The minimum absolute atomic E-state index is 0.0277. The topological polar surface area (TPSA) is 46.5 Å². The zero-order valence-electron chi connectivity index (χ0n) is 14.0. The summed E-state index contributed by atoms with van der Waals surface area (Å²) in [7, 11) is 0. The maximum absolute atomic E-state index is 11.6. The minimum Gasteiger partial charge on any atom is -0.457 e. The van der Waals surface area contributed by atoms with Crippen molar-refractivity contribution >= 4 is 5.97 Å². The van der Waals surface area contributed by atoms with E-state index in [2.05, 4.69) is 13.8 Å². The Morgan fingerprint density at radius 2 is 1.67 bits per heavy atom. The van der Waals surface area contributed by atoms with Crippen LogP contribution in [0.2, 0.25) is 0 Å². The maximum atomic E-state index is 11.6. The van der Waals surface area contributed by atoms with Crippen LogP contribution < -0.4 is 0 Å². The molecule has 1 aliphatic rings. The molecular formula is C18H34O3. The van der Waals surface area contributed by atoms with Crippen molar-refractivity contribution in [3.63, 3.8) is 0 Å². The monoisotopic (exact) mass is 298 g/mol. The van der Waals surface area contributed by atoms with Crippen molar-refractivity contribution in [2.75, 3.05) is 6.61 Å². The van der Waals surface area contributed by atoms with Crippen LogP contribution in [0.15, 0.2) is 0 Å². The fourth-order valence-corrected chi connectivity index (χ4v) is 3.40. The first-order valence-electron chi connectivity index (χ1n) is 8.94. The van der Waals surface area contributed by atoms with Gasteiger partial charge in [-0.15, -0.1) is 0 Å². The van der Waals surface area contributed by atoms with Crippen molar-refractivity contribution in [3.05, 3.63) is 0 Å². The Bertz CT molecular complexity index is 290. The second kappa shape index (κ2) is 10.2. The van der Waals surface area contributed by atoms with Crippen molar-refractivity contribution in [1.29, 1.82) is 0 Å². The van der Waals surface area contributed by atoms with Crippen LogP contribution in [0.5, 0.6) is 0 Å². The molecule has 0 saturated carbocycles. The lowest BCUT2D eigenvalue weighted by molar-refractivity contribution is -0.178. The first kappa shape index (κ1) is 18.5. The average Bonchev–Trinajstić information content (AvgIpc) is 2.44. The van der Waals surface area contributed by atoms with Crippen molar-refractivity contribution in [2.45, 2.75) is 96.5 Å². The van der Waals surface area contributed by atoms with Gasteiger partial charge in [0.05, 0.1) is 6.61 Å². The molecule has 0 unspecified atom stereocenters. The normalized spacial score (nSPS) is 25.9. The summed E-state index contributed by atoms with van der Waals surface area (Å²) in [5.74, 6) is 0.190. The molecule has 3 heteroatoms. The number of aliphatic hydroxyl groups is 1. The van der Waals surface area contributed by atoms with Crippen molar-refractivity contribution in [1.82, 2.24) is 0 Å². The predicted octanol–water partition coefficient (Wildman–Crippen LogP) is 4.61. The lowest BCUT2D eigenvalue weighted by Gasteiger charge is -2.38. The Labute approximate surface area is 130 Å². The molecule has 0 amide bonds. The van der Waals surface area contributed by atoms with Crippen molar-refractivity contribution in [2.24, 2.45) is 5.92 Å². The molecule has 1 heterocycles. The second-order valence-corrected chi connectivity index (χ2v) is 6.91. The third-order valence-corrected chi connectivity index (χ3v) is 4.59. The molecule has 1 fully saturated rings. The number of unbranched alkanes of at least 4 members (excludes halogenated alkanes) is 8. The molecule has 0 aliphatic carbocycles. The van der Waals surface area contributed by atoms with Gasteiger partial charge in [0.2, 0.25) is 0 Å². The third-order valence-electron chi connectivity index (χ3n) is 4.59. The van der Waals surface area contributed by atoms with Gasteiger partial charge in [0, 0.05) is 6.42 Å². The van der Waals surface area contributed by atoms with E-state index >= 15 is 0 Å². The smallest absolute Gasteiger partial charge is 0.306 e. The van der Waals surface area contributed by atoms with Gasteiger partial charge in [0.25, 0.3) is 0 Å². The summed E-state index contributed by atoms with van der Waals surface area (Å²) in [6.45, 7) is 4.29. The Morgan fingerprint density at radius 1 is 1.10 bits per heavy atom. The van der Waals surface area contributed by atoms with Gasteiger partial charge in [-0.2, -0.15) is 0 Å². The number of esters is 1. The summed E-state index contributed by atoms with van der Waals surface area (Å²) in [4.78, 5) is 11.6. The minimum atomic E-state index is -0.587. The van der Waals surface area contributed by atoms with E-state index in [-0.39, 0.29) is 12.6 Å². The molecule has 0 bridgehead atoms. The number of aliphatic hydroxyl groups excluding tert-OH is 1. The van der Waals surface area contributed by atoms with Gasteiger partial charge in [-0.1, -0.05) is 65.2 Å². The van der Waals surface area contributed by atoms with Crippen LogP contribution >= 0.6 is 0 Å². The summed E-state index contributed by atoms with van der Waals surface area (Å²) >= 11 is 0. The zero-order valence-corrected chi connectivity index (χ0v) is 14.0. The number of ether oxygens (including phenoxy) is 1. The van der Waals surface area contributed by atoms with E-state index in [1.807, 2.05) is 0 Å². The van der Waals surface area contributed by atoms with E-state index < -0.39 is 5.60 Å². The van der Waals surface area contributed by atoms with Crippen LogP contribution in [0.25, 0.3) is 0 Å². The molecular weight excluding hydrogens is 264 g/mol. The van der Waals surface area contributed by atoms with Crippen molar-refractivity contribution < 1.29 is 14.6 Å². The average molecular weight is 298 g/mol. The van der Waals surface area contributed by atoms with Crippen LogP contribution in [0.4, 0.5) is 0 Å². The zero-order chi connectivity index (χ0) is 15.6. The number of cyclic esters (lactones) is 1. The highest BCUT2D eigenvalue weighted by molar-refractivity contribution is 5.71. The quantitative estimate of drug-likeness (QED) is 0.447. The first-order chi connectivity index (χ1) is 10.1. The molecule has 0 aromatic heterocycles. The summed E-state index contributed by atoms with van der Waals surface area (Å²) < 4.78 is 5.48. The number of rotatable bonds is 11. The van der Waals surface area contributed by atoms with Gasteiger partial charge in [-0.25, -0.2) is 0 Å². The van der Waals surface area contributed by atoms with E-state index in [9.17, 15) is 9.90 Å². The summed E-state index contributed by atoms with van der Waals surface area (Å²) in [6, 6.07) is 0. The van der Waals surface area contributed by atoms with Gasteiger partial charge < -0.3 is 9.84 Å². The van der Waals surface area contributed by atoms with Crippen LogP contribution in [0, 0.1) is 5.92 Å². The molecule has 124 valence electrons. The number of hydrogen-bond donors (Lipinski definition) is 1. The molecule has 1 aliphatic heterocycles. The van der Waals surface area contributed by atoms with Gasteiger partial charge in [-0.3, -0.25) is 4.79 Å². The molecule has 1 saturated heterocycles. The molecule has 3 nitrogen and oxygen atoms in total. The van der Waals surface area contributed by atoms with Crippen LogP contribution in [0.3, 0.4) is 0 Å². The van der Waals surface area contributed by atoms with Gasteiger partial charge in [-0.05, 0) is 25.2 Å². The van der Waals surface area contributed by atoms with Crippen molar-refractivity contribution in [3.8, 4) is 0 Å². The molecule has 21 heavy (non-hydrogen) atoms. The van der Waals surface area contributed by atoms with E-state index in [1.165, 1.54) is 51.4 Å². The molecule has 1 rings (SSSR count). The SMILES string of the molecule is CCCCCCCCCCC[C@@]1(CO)C[C@H](C)CC(=O)O1. The van der Waals surface area contributed by atoms with Crippen LogP contribution in [0.1, 0.15) is 90.9 Å². The molecule has 0 aromatic carbocycles. The standard InChI is InChI=1S/C18H34O3/c1-3-4-5-6-7-8-9-10-11-12-18(15-19)14-16(2)13-17(20)21-18/h16,19H,3-15H2,1-2H3/t16-,18+/m1/s1. The molecule has 0 spiro atoms. The molecule has 2 atom stereocenters. The van der Waals surface area contributed by atoms with Gasteiger partial charge >= 0.3 is 5.97 Å². The third kappa shape index (κ3) is 7.30. The Morgan fingerprint density at radius 3 is 2.19 bits per heavy atom. The van der Waals surface area contributed by atoms with Gasteiger partial charge in [0.1, 0.15) is 5.60 Å². The highest BCUT2D eigenvalue weighted by Gasteiger charge is 2.39. The molecule has 1 N–H and O–H groups in total. The lowest BCUT2D eigenvalue weighted by Crippen LogP contribution is -2.44. The number of hydrogen-bond acceptors (Lipinski definition) is 3. The predicted molar refractivity (Wildman–Crippen MR) is 86.2 cm³/mol. The van der Waals surface area contributed by atoms with E-state index in [0.717, 1.165) is 19.3 Å². The molecule has 0 radical (unpaired) electrons. The maximum Gasteiger partial charge on any atom is 0.306 e. The second-order valence-electron chi connectivity index (χ2n) is 6.91. The molecule has 0 aromatic rings. The Hall–Kier alpha value is -0.570. The summed E-state index contributed by atoms with van der Waals surface area (Å²) in [5.41, 5.74) is -0.587. The lowest BCUT2D eigenvalue weighted by atomic mass is 9.83. The Kier molecular flexibility index (Phi) is 8.98. The first-order valence-corrected chi connectivity index (χ1v) is 8.94. The van der Waals surface area contributed by atoms with E-state index in [4.69, 9.17) is 4.74 Å². The van der Waals surface area contributed by atoms with Crippen LogP contribution in [-0.4, -0.2) is 23.3 Å². The number of carbonyl (C=O) groups excluding carboxylic acids is 1.